The van der Waals surface area contributed by atoms with E-state index >= 15 is 0 Å². The van der Waals surface area contributed by atoms with Crippen LogP contribution in [-0.4, -0.2) is 5.78 Å². The number of ketones is 1. The van der Waals surface area contributed by atoms with Gasteiger partial charge in [0.1, 0.15) is 0 Å². The Bertz CT molecular complexity index is 322. The number of hydrogen-bond acceptors (Lipinski definition) is 1. The van der Waals surface area contributed by atoms with Crippen LogP contribution in [0.15, 0.2) is 36.9 Å². The van der Waals surface area contributed by atoms with E-state index in [0.29, 0.717) is 6.42 Å². The highest BCUT2D eigenvalue weighted by atomic mass is 16.1. The largest absolute Gasteiger partial charge is 0.295 e. The molecule has 14 heavy (non-hydrogen) atoms. The molecular formula is C13H16O. The minimum absolute atomic E-state index is 0.109. The fraction of sp³-hybridized carbons (Fsp3) is 0.308. The summed E-state index contributed by atoms with van der Waals surface area (Å²) in [5.74, 6) is 0.388. The molecular weight excluding hydrogens is 172 g/mol. The molecule has 0 bridgehead atoms. The van der Waals surface area contributed by atoms with Crippen molar-refractivity contribution < 1.29 is 4.79 Å². The van der Waals surface area contributed by atoms with Crippen molar-refractivity contribution in [1.82, 2.24) is 0 Å². The summed E-state index contributed by atoms with van der Waals surface area (Å²) in [4.78, 5) is 11.1. The number of allylic oxidation sites excluding steroid dienone is 1. The van der Waals surface area contributed by atoms with E-state index in [1.807, 2.05) is 0 Å². The minimum Gasteiger partial charge on any atom is -0.295 e. The maximum Gasteiger partial charge on any atom is 0.155 e. The molecule has 0 spiro atoms. The van der Waals surface area contributed by atoms with Gasteiger partial charge in [-0.25, -0.2) is 0 Å². The summed E-state index contributed by atoms with van der Waals surface area (Å²) in [7, 11) is 0. The van der Waals surface area contributed by atoms with Gasteiger partial charge in [-0.3, -0.25) is 4.79 Å². The van der Waals surface area contributed by atoms with Crippen molar-refractivity contribution in [3.05, 3.63) is 48.0 Å². The second-order valence-electron chi connectivity index (χ2n) is 3.69. The third-order valence-electron chi connectivity index (χ3n) is 2.38. The maximum absolute atomic E-state index is 11.1. The highest BCUT2D eigenvalue weighted by Crippen LogP contribution is 2.19. The summed E-state index contributed by atoms with van der Waals surface area (Å²) in [6, 6.07) is 8.31. The van der Waals surface area contributed by atoms with Gasteiger partial charge >= 0.3 is 0 Å². The fourth-order valence-electron chi connectivity index (χ4n) is 1.40. The molecule has 0 aromatic heterocycles. The molecule has 1 heteroatoms. The lowest BCUT2D eigenvalue weighted by molar-refractivity contribution is -0.114. The zero-order chi connectivity index (χ0) is 10.6. The van der Waals surface area contributed by atoms with Crippen LogP contribution in [0.25, 0.3) is 0 Å². The first-order valence-electron chi connectivity index (χ1n) is 4.85. The first-order valence-corrected chi connectivity index (χ1v) is 4.85. The number of aryl methyl sites for hydroxylation is 1. The summed E-state index contributed by atoms with van der Waals surface area (Å²) in [5, 5.41) is 0. The molecule has 0 radical (unpaired) electrons. The van der Waals surface area contributed by atoms with E-state index < -0.39 is 0 Å². The summed E-state index contributed by atoms with van der Waals surface area (Å²) in [6.07, 6.45) is 1.94. The van der Waals surface area contributed by atoms with Crippen LogP contribution in [0.1, 0.15) is 30.4 Å². The van der Waals surface area contributed by atoms with Crippen molar-refractivity contribution in [1.29, 1.82) is 0 Å². The molecule has 1 aromatic rings. The van der Waals surface area contributed by atoms with Crippen LogP contribution < -0.4 is 0 Å². The van der Waals surface area contributed by atoms with Crippen LogP contribution >= 0.6 is 0 Å². The number of carbonyl (C=O) groups is 1. The van der Waals surface area contributed by atoms with Crippen molar-refractivity contribution in [2.24, 2.45) is 0 Å². The molecule has 0 amide bonds. The minimum atomic E-state index is 0.109. The Morgan fingerprint density at radius 2 is 2.00 bits per heavy atom. The third kappa shape index (κ3) is 2.84. The van der Waals surface area contributed by atoms with Crippen LogP contribution in [0.2, 0.25) is 0 Å². The smallest absolute Gasteiger partial charge is 0.155 e. The molecule has 0 aliphatic rings. The van der Waals surface area contributed by atoms with E-state index in [0.717, 1.165) is 0 Å². The van der Waals surface area contributed by atoms with Gasteiger partial charge in [-0.15, -0.1) is 0 Å². The van der Waals surface area contributed by atoms with Gasteiger partial charge in [0.05, 0.1) is 0 Å². The van der Waals surface area contributed by atoms with Gasteiger partial charge in [-0.1, -0.05) is 43.3 Å². The number of rotatable bonds is 4. The monoisotopic (exact) mass is 188 g/mol. The highest BCUT2D eigenvalue weighted by Gasteiger charge is 2.08. The van der Waals surface area contributed by atoms with E-state index in [2.05, 4.69) is 44.7 Å². The first-order chi connectivity index (χ1) is 6.63. The van der Waals surface area contributed by atoms with E-state index in [1.54, 1.807) is 0 Å². The summed E-state index contributed by atoms with van der Waals surface area (Å²) >= 11 is 0. The predicted octanol–water partition coefficient (Wildman–Crippen LogP) is 3.24. The Morgan fingerprint density at radius 3 is 2.50 bits per heavy atom. The Hall–Kier alpha value is -1.37. The molecule has 1 rings (SSSR count). The van der Waals surface area contributed by atoms with Crippen molar-refractivity contribution in [3.8, 4) is 0 Å². The second-order valence-corrected chi connectivity index (χ2v) is 3.69. The standard InChI is InChI=1S/C13H16O/c1-4-13(14)9-11(3)12-7-5-10(2)6-8-12/h4-8,11H,1,9H2,2-3H3. The average molecular weight is 188 g/mol. The van der Waals surface area contributed by atoms with Gasteiger partial charge in [0, 0.05) is 6.42 Å². The predicted molar refractivity (Wildman–Crippen MR) is 59.4 cm³/mol. The summed E-state index contributed by atoms with van der Waals surface area (Å²) in [5.41, 5.74) is 2.46. The number of hydrogen-bond donors (Lipinski definition) is 0. The lowest BCUT2D eigenvalue weighted by atomic mass is 9.95. The van der Waals surface area contributed by atoms with Gasteiger partial charge in [0.2, 0.25) is 0 Å². The number of benzene rings is 1. The van der Waals surface area contributed by atoms with Gasteiger partial charge < -0.3 is 0 Å². The van der Waals surface area contributed by atoms with Crippen molar-refractivity contribution >= 4 is 5.78 Å². The Kier molecular flexibility index (Phi) is 3.63. The Labute approximate surface area is 85.5 Å². The molecule has 0 heterocycles. The Morgan fingerprint density at radius 1 is 1.43 bits per heavy atom. The van der Waals surface area contributed by atoms with E-state index in [9.17, 15) is 4.79 Å². The molecule has 1 unspecified atom stereocenters. The van der Waals surface area contributed by atoms with Gasteiger partial charge in [0.25, 0.3) is 0 Å². The van der Waals surface area contributed by atoms with Crippen LogP contribution in [0.3, 0.4) is 0 Å². The van der Waals surface area contributed by atoms with Crippen molar-refractivity contribution in [2.45, 2.75) is 26.2 Å². The molecule has 0 saturated heterocycles. The average Bonchev–Trinajstić information content (AvgIpc) is 2.18. The quantitative estimate of drug-likeness (QED) is 0.663. The zero-order valence-electron chi connectivity index (χ0n) is 8.79. The third-order valence-corrected chi connectivity index (χ3v) is 2.38. The topological polar surface area (TPSA) is 17.1 Å². The summed E-state index contributed by atoms with van der Waals surface area (Å²) in [6.45, 7) is 7.59. The van der Waals surface area contributed by atoms with Crippen LogP contribution in [0.4, 0.5) is 0 Å². The molecule has 0 saturated carbocycles. The van der Waals surface area contributed by atoms with E-state index in [1.165, 1.54) is 17.2 Å². The molecule has 74 valence electrons. The SMILES string of the molecule is C=CC(=O)CC(C)c1ccc(C)cc1. The van der Waals surface area contributed by atoms with Crippen molar-refractivity contribution in [3.63, 3.8) is 0 Å². The summed E-state index contributed by atoms with van der Waals surface area (Å²) < 4.78 is 0. The Balaban J connectivity index is 2.69. The van der Waals surface area contributed by atoms with Gasteiger partial charge in [-0.2, -0.15) is 0 Å². The van der Waals surface area contributed by atoms with Gasteiger partial charge in [0.15, 0.2) is 5.78 Å². The molecule has 0 aliphatic carbocycles. The normalized spacial score (nSPS) is 12.1. The van der Waals surface area contributed by atoms with Crippen LogP contribution in [-0.2, 0) is 4.79 Å². The van der Waals surface area contributed by atoms with Gasteiger partial charge in [-0.05, 0) is 24.5 Å². The molecule has 0 fully saturated rings. The fourth-order valence-corrected chi connectivity index (χ4v) is 1.40. The van der Waals surface area contributed by atoms with E-state index in [4.69, 9.17) is 0 Å². The lowest BCUT2D eigenvalue weighted by Gasteiger charge is -2.09. The molecule has 0 N–H and O–H groups in total. The molecule has 1 atom stereocenters. The second kappa shape index (κ2) is 4.75. The van der Waals surface area contributed by atoms with E-state index in [-0.39, 0.29) is 11.7 Å². The highest BCUT2D eigenvalue weighted by molar-refractivity contribution is 5.89. The lowest BCUT2D eigenvalue weighted by Crippen LogP contribution is -2.01. The van der Waals surface area contributed by atoms with Crippen LogP contribution in [0, 0.1) is 6.92 Å². The molecule has 1 nitrogen and oxygen atoms in total. The molecule has 0 aliphatic heterocycles. The van der Waals surface area contributed by atoms with Crippen LogP contribution in [0.5, 0.6) is 0 Å². The molecule has 1 aromatic carbocycles. The number of carbonyl (C=O) groups excluding carboxylic acids is 1. The van der Waals surface area contributed by atoms with Crippen molar-refractivity contribution in [2.75, 3.05) is 0 Å². The zero-order valence-corrected chi connectivity index (χ0v) is 8.79. The first kappa shape index (κ1) is 10.7. The maximum atomic E-state index is 11.1.